The van der Waals surface area contributed by atoms with E-state index in [2.05, 4.69) is 20.6 Å². The summed E-state index contributed by atoms with van der Waals surface area (Å²) in [5.41, 5.74) is 0.740. The SMILES string of the molecule is CC(C)NC(=O)Cc1csc(Nc2ccc(Cl)cn2)n1. The first-order valence-corrected chi connectivity index (χ1v) is 7.41. The minimum absolute atomic E-state index is 0.0264. The molecule has 0 saturated carbocycles. The number of carbonyl (C=O) groups is 1. The predicted octanol–water partition coefficient (Wildman–Crippen LogP) is 3.00. The molecule has 20 heavy (non-hydrogen) atoms. The molecule has 106 valence electrons. The van der Waals surface area contributed by atoms with Gasteiger partial charge in [0.1, 0.15) is 5.82 Å². The third kappa shape index (κ3) is 4.47. The van der Waals surface area contributed by atoms with E-state index in [1.54, 1.807) is 18.3 Å². The van der Waals surface area contributed by atoms with Crippen molar-refractivity contribution in [2.75, 3.05) is 5.32 Å². The van der Waals surface area contributed by atoms with E-state index in [4.69, 9.17) is 11.6 Å². The zero-order valence-corrected chi connectivity index (χ0v) is 12.8. The van der Waals surface area contributed by atoms with E-state index < -0.39 is 0 Å². The highest BCUT2D eigenvalue weighted by molar-refractivity contribution is 7.13. The second kappa shape index (κ2) is 6.67. The topological polar surface area (TPSA) is 66.9 Å². The molecule has 0 radical (unpaired) electrons. The lowest BCUT2D eigenvalue weighted by Crippen LogP contribution is -2.31. The van der Waals surface area contributed by atoms with Gasteiger partial charge in [0.05, 0.1) is 17.1 Å². The van der Waals surface area contributed by atoms with Crippen molar-refractivity contribution in [3.63, 3.8) is 0 Å². The quantitative estimate of drug-likeness (QED) is 0.891. The van der Waals surface area contributed by atoms with Crippen molar-refractivity contribution < 1.29 is 4.79 Å². The lowest BCUT2D eigenvalue weighted by molar-refractivity contribution is -0.120. The number of nitrogens with zero attached hydrogens (tertiary/aromatic N) is 2. The lowest BCUT2D eigenvalue weighted by Gasteiger charge is -2.06. The second-order valence-corrected chi connectivity index (χ2v) is 5.82. The van der Waals surface area contributed by atoms with Crippen LogP contribution < -0.4 is 10.6 Å². The van der Waals surface area contributed by atoms with Gasteiger partial charge in [-0.15, -0.1) is 11.3 Å². The maximum Gasteiger partial charge on any atom is 0.226 e. The minimum atomic E-state index is -0.0264. The Morgan fingerprint density at radius 2 is 2.25 bits per heavy atom. The van der Waals surface area contributed by atoms with E-state index in [9.17, 15) is 4.79 Å². The Bertz CT molecular complexity index is 582. The lowest BCUT2D eigenvalue weighted by atomic mass is 10.3. The van der Waals surface area contributed by atoms with Crippen LogP contribution in [0.5, 0.6) is 0 Å². The number of halogens is 1. The number of anilines is 2. The van der Waals surface area contributed by atoms with Gasteiger partial charge in [0.2, 0.25) is 5.91 Å². The van der Waals surface area contributed by atoms with E-state index >= 15 is 0 Å². The third-order valence-electron chi connectivity index (χ3n) is 2.31. The molecule has 2 rings (SSSR count). The van der Waals surface area contributed by atoms with Gasteiger partial charge in [-0.2, -0.15) is 0 Å². The van der Waals surface area contributed by atoms with Gasteiger partial charge in [0.25, 0.3) is 0 Å². The molecule has 0 spiro atoms. The van der Waals surface area contributed by atoms with Crippen molar-refractivity contribution in [1.29, 1.82) is 0 Å². The summed E-state index contributed by atoms with van der Waals surface area (Å²) >= 11 is 7.20. The summed E-state index contributed by atoms with van der Waals surface area (Å²) in [6, 6.07) is 3.66. The molecular weight excluding hydrogens is 296 g/mol. The van der Waals surface area contributed by atoms with Gasteiger partial charge in [-0.1, -0.05) is 11.6 Å². The van der Waals surface area contributed by atoms with Crippen LogP contribution in [0.15, 0.2) is 23.7 Å². The molecule has 0 aliphatic heterocycles. The first-order chi connectivity index (χ1) is 9.52. The van der Waals surface area contributed by atoms with Crippen molar-refractivity contribution in [2.45, 2.75) is 26.3 Å². The fourth-order valence-corrected chi connectivity index (χ4v) is 2.37. The molecule has 0 bridgehead atoms. The Morgan fingerprint density at radius 3 is 2.90 bits per heavy atom. The van der Waals surface area contributed by atoms with Crippen LogP contribution in [0.3, 0.4) is 0 Å². The predicted molar refractivity (Wildman–Crippen MR) is 81.6 cm³/mol. The number of thiazole rings is 1. The minimum Gasteiger partial charge on any atom is -0.354 e. The van der Waals surface area contributed by atoms with Crippen LogP contribution in [0.25, 0.3) is 0 Å². The monoisotopic (exact) mass is 310 g/mol. The first-order valence-electron chi connectivity index (χ1n) is 6.15. The van der Waals surface area contributed by atoms with Crippen molar-refractivity contribution in [2.24, 2.45) is 0 Å². The summed E-state index contributed by atoms with van der Waals surface area (Å²) in [5.74, 6) is 0.642. The molecule has 2 aromatic rings. The molecular formula is C13H15ClN4OS. The van der Waals surface area contributed by atoms with Gasteiger partial charge in [-0.3, -0.25) is 4.79 Å². The summed E-state index contributed by atoms with van der Waals surface area (Å²) in [4.78, 5) is 20.1. The van der Waals surface area contributed by atoms with Gasteiger partial charge in [-0.05, 0) is 26.0 Å². The number of carbonyl (C=O) groups excluding carboxylic acids is 1. The Morgan fingerprint density at radius 1 is 1.45 bits per heavy atom. The highest BCUT2D eigenvalue weighted by Gasteiger charge is 2.09. The number of hydrogen-bond donors (Lipinski definition) is 2. The molecule has 0 aliphatic rings. The summed E-state index contributed by atoms with van der Waals surface area (Å²) in [7, 11) is 0. The first kappa shape index (κ1) is 14.7. The molecule has 0 aromatic carbocycles. The zero-order valence-electron chi connectivity index (χ0n) is 11.2. The average molecular weight is 311 g/mol. The number of amides is 1. The molecule has 0 saturated heterocycles. The van der Waals surface area contributed by atoms with Crippen LogP contribution in [0.4, 0.5) is 10.9 Å². The van der Waals surface area contributed by atoms with Crippen LogP contribution >= 0.6 is 22.9 Å². The summed E-state index contributed by atoms with van der Waals surface area (Å²) in [6.45, 7) is 3.86. The molecule has 0 fully saturated rings. The largest absolute Gasteiger partial charge is 0.354 e. The Kier molecular flexibility index (Phi) is 4.92. The van der Waals surface area contributed by atoms with Crippen LogP contribution in [-0.2, 0) is 11.2 Å². The Labute approximate surface area is 126 Å². The Balaban J connectivity index is 1.95. The number of pyridine rings is 1. The maximum absolute atomic E-state index is 11.6. The fraction of sp³-hybridized carbons (Fsp3) is 0.308. The number of nitrogens with one attached hydrogen (secondary N) is 2. The van der Waals surface area contributed by atoms with E-state index in [1.165, 1.54) is 11.3 Å². The molecule has 0 aliphatic carbocycles. The van der Waals surface area contributed by atoms with Gasteiger partial charge in [0, 0.05) is 17.6 Å². The molecule has 2 N–H and O–H groups in total. The fourth-order valence-electron chi connectivity index (χ4n) is 1.54. The molecule has 1 amide bonds. The molecule has 2 aromatic heterocycles. The summed E-state index contributed by atoms with van der Waals surface area (Å²) in [5, 5.41) is 9.05. The van der Waals surface area contributed by atoms with Gasteiger partial charge in [-0.25, -0.2) is 9.97 Å². The molecule has 0 atom stereocenters. The smallest absolute Gasteiger partial charge is 0.226 e. The van der Waals surface area contributed by atoms with E-state index in [-0.39, 0.29) is 18.4 Å². The number of hydrogen-bond acceptors (Lipinski definition) is 5. The van der Waals surface area contributed by atoms with Crippen LogP contribution in [0.2, 0.25) is 5.02 Å². The number of rotatable bonds is 5. The van der Waals surface area contributed by atoms with Crippen molar-refractivity contribution in [3.05, 3.63) is 34.4 Å². The normalized spacial score (nSPS) is 10.6. The van der Waals surface area contributed by atoms with Crippen LogP contribution in [-0.4, -0.2) is 21.9 Å². The molecule has 0 unspecified atom stereocenters. The van der Waals surface area contributed by atoms with Crippen LogP contribution in [0, 0.1) is 0 Å². The van der Waals surface area contributed by atoms with Gasteiger partial charge < -0.3 is 10.6 Å². The average Bonchev–Trinajstić information content (AvgIpc) is 2.78. The van der Waals surface area contributed by atoms with Crippen LogP contribution in [0.1, 0.15) is 19.5 Å². The van der Waals surface area contributed by atoms with E-state index in [0.717, 1.165) is 5.69 Å². The molecule has 5 nitrogen and oxygen atoms in total. The highest BCUT2D eigenvalue weighted by atomic mass is 35.5. The van der Waals surface area contributed by atoms with Crippen molar-refractivity contribution >= 4 is 39.8 Å². The molecule has 7 heteroatoms. The number of aromatic nitrogens is 2. The highest BCUT2D eigenvalue weighted by Crippen LogP contribution is 2.20. The van der Waals surface area contributed by atoms with E-state index in [1.807, 2.05) is 19.2 Å². The van der Waals surface area contributed by atoms with E-state index in [0.29, 0.717) is 16.0 Å². The molecule has 2 heterocycles. The van der Waals surface area contributed by atoms with Gasteiger partial charge in [0.15, 0.2) is 5.13 Å². The van der Waals surface area contributed by atoms with Gasteiger partial charge >= 0.3 is 0 Å². The summed E-state index contributed by atoms with van der Waals surface area (Å²) in [6.07, 6.45) is 1.85. The maximum atomic E-state index is 11.6. The summed E-state index contributed by atoms with van der Waals surface area (Å²) < 4.78 is 0. The Hall–Kier alpha value is -1.66. The standard InChI is InChI=1S/C13H15ClN4OS/c1-8(2)16-12(19)5-10-7-20-13(17-10)18-11-4-3-9(14)6-15-11/h3-4,6-8H,5H2,1-2H3,(H,16,19)(H,15,17,18). The second-order valence-electron chi connectivity index (χ2n) is 4.53. The third-order valence-corrected chi connectivity index (χ3v) is 3.34. The van der Waals surface area contributed by atoms with Crippen molar-refractivity contribution in [1.82, 2.24) is 15.3 Å². The van der Waals surface area contributed by atoms with Crippen molar-refractivity contribution in [3.8, 4) is 0 Å². The zero-order chi connectivity index (χ0) is 14.5.